The maximum atomic E-state index is 9.64. The average Bonchev–Trinajstić information content (AvgIpc) is 2.34. The quantitative estimate of drug-likeness (QED) is 0.586. The molecule has 0 aliphatic rings. The van der Waals surface area contributed by atoms with E-state index < -0.39 is 0 Å². The number of aliphatic hydroxyl groups is 1. The van der Waals surface area contributed by atoms with Crippen molar-refractivity contribution in [2.75, 3.05) is 19.5 Å². The molecule has 0 heterocycles. The van der Waals surface area contributed by atoms with Crippen LogP contribution in [0.3, 0.4) is 0 Å². The number of benzene rings is 1. The number of ether oxygens (including phenoxy) is 1. The monoisotopic (exact) mass is 240 g/mol. The fourth-order valence-corrected chi connectivity index (χ4v) is 2.24. The lowest BCUT2D eigenvalue weighted by atomic mass is 10.1. The third kappa shape index (κ3) is 4.56. The van der Waals surface area contributed by atoms with Crippen LogP contribution in [-0.4, -0.2) is 24.6 Å². The molecule has 0 unspecified atom stereocenters. The minimum atomic E-state index is -0.326. The molecule has 1 aromatic carbocycles. The molecule has 3 heteroatoms. The summed E-state index contributed by atoms with van der Waals surface area (Å²) in [5.41, 5.74) is 1.00. The summed E-state index contributed by atoms with van der Waals surface area (Å²) in [5.74, 6) is 1.07. The standard InChI is InChI=1S/C13H20O2S/c1-3-13(14)11-5-7-12(8-6-11)16-10-4-9-15-2/h5-8,13-14H,3-4,9-10H2,1-2H3/t13-/m0/s1. The second-order valence-electron chi connectivity index (χ2n) is 3.69. The van der Waals surface area contributed by atoms with Gasteiger partial charge in [-0.25, -0.2) is 0 Å². The lowest BCUT2D eigenvalue weighted by molar-refractivity contribution is 0.173. The smallest absolute Gasteiger partial charge is 0.0787 e. The second-order valence-corrected chi connectivity index (χ2v) is 4.86. The minimum Gasteiger partial charge on any atom is -0.388 e. The van der Waals surface area contributed by atoms with E-state index in [4.69, 9.17) is 4.74 Å². The van der Waals surface area contributed by atoms with Gasteiger partial charge in [0.05, 0.1) is 6.10 Å². The van der Waals surface area contributed by atoms with Crippen LogP contribution in [0, 0.1) is 0 Å². The number of methoxy groups -OCH3 is 1. The molecule has 0 aliphatic carbocycles. The Bertz CT molecular complexity index is 284. The molecular formula is C13H20O2S. The molecule has 1 aromatic rings. The Balaban J connectivity index is 2.39. The zero-order valence-electron chi connectivity index (χ0n) is 9.98. The molecule has 0 fully saturated rings. The normalized spacial score (nSPS) is 12.7. The molecule has 0 saturated heterocycles. The van der Waals surface area contributed by atoms with Gasteiger partial charge in [0.1, 0.15) is 0 Å². The van der Waals surface area contributed by atoms with E-state index in [0.29, 0.717) is 0 Å². The summed E-state index contributed by atoms with van der Waals surface area (Å²) in [7, 11) is 1.73. The largest absolute Gasteiger partial charge is 0.388 e. The highest BCUT2D eigenvalue weighted by Gasteiger charge is 2.03. The number of hydrogen-bond acceptors (Lipinski definition) is 3. The Morgan fingerprint density at radius 3 is 2.56 bits per heavy atom. The van der Waals surface area contributed by atoms with Crippen molar-refractivity contribution < 1.29 is 9.84 Å². The maximum absolute atomic E-state index is 9.64. The molecule has 0 aromatic heterocycles. The van der Waals surface area contributed by atoms with E-state index in [-0.39, 0.29) is 6.10 Å². The van der Waals surface area contributed by atoms with Crippen molar-refractivity contribution in [2.24, 2.45) is 0 Å². The molecule has 1 rings (SSSR count). The molecule has 0 spiro atoms. The van der Waals surface area contributed by atoms with Crippen LogP contribution in [0.5, 0.6) is 0 Å². The molecular weight excluding hydrogens is 220 g/mol. The first-order valence-corrected chi connectivity index (χ1v) is 6.66. The van der Waals surface area contributed by atoms with Crippen molar-refractivity contribution in [3.63, 3.8) is 0 Å². The van der Waals surface area contributed by atoms with Gasteiger partial charge in [-0.1, -0.05) is 19.1 Å². The highest BCUT2D eigenvalue weighted by molar-refractivity contribution is 7.99. The molecule has 1 N–H and O–H groups in total. The van der Waals surface area contributed by atoms with Gasteiger partial charge in [-0.2, -0.15) is 0 Å². The first-order chi connectivity index (χ1) is 7.77. The SMILES string of the molecule is CC[C@H](O)c1ccc(SCCCOC)cc1. The zero-order valence-corrected chi connectivity index (χ0v) is 10.8. The predicted octanol–water partition coefficient (Wildman–Crippen LogP) is 3.26. The van der Waals surface area contributed by atoms with Crippen LogP contribution in [0.2, 0.25) is 0 Å². The number of rotatable bonds is 7. The number of aliphatic hydroxyl groups excluding tert-OH is 1. The van der Waals surface area contributed by atoms with Gasteiger partial charge >= 0.3 is 0 Å². The molecule has 0 bridgehead atoms. The first kappa shape index (κ1) is 13.6. The molecule has 2 nitrogen and oxygen atoms in total. The van der Waals surface area contributed by atoms with Crippen LogP contribution >= 0.6 is 11.8 Å². The second kappa shape index (κ2) is 7.71. The summed E-state index contributed by atoms with van der Waals surface area (Å²) in [6, 6.07) is 8.16. The van der Waals surface area contributed by atoms with Gasteiger partial charge in [0, 0.05) is 24.4 Å². The van der Waals surface area contributed by atoms with E-state index >= 15 is 0 Å². The van der Waals surface area contributed by atoms with E-state index in [0.717, 1.165) is 30.8 Å². The van der Waals surface area contributed by atoms with Gasteiger partial charge in [0.2, 0.25) is 0 Å². The summed E-state index contributed by atoms with van der Waals surface area (Å²) >= 11 is 1.83. The van der Waals surface area contributed by atoms with E-state index in [2.05, 4.69) is 12.1 Å². The molecule has 0 saturated carbocycles. The number of hydrogen-bond donors (Lipinski definition) is 1. The third-order valence-electron chi connectivity index (χ3n) is 2.41. The summed E-state index contributed by atoms with van der Waals surface area (Å²) in [6.45, 7) is 2.80. The topological polar surface area (TPSA) is 29.5 Å². The van der Waals surface area contributed by atoms with Gasteiger partial charge in [-0.15, -0.1) is 11.8 Å². The van der Waals surface area contributed by atoms with E-state index in [1.165, 1.54) is 4.90 Å². The van der Waals surface area contributed by atoms with Crippen LogP contribution in [0.1, 0.15) is 31.4 Å². The fourth-order valence-electron chi connectivity index (χ4n) is 1.42. The summed E-state index contributed by atoms with van der Waals surface area (Å²) in [4.78, 5) is 1.25. The van der Waals surface area contributed by atoms with Crippen LogP contribution in [-0.2, 0) is 4.74 Å². The van der Waals surface area contributed by atoms with Gasteiger partial charge in [-0.3, -0.25) is 0 Å². The van der Waals surface area contributed by atoms with Gasteiger partial charge < -0.3 is 9.84 Å². The van der Waals surface area contributed by atoms with Crippen LogP contribution in [0.25, 0.3) is 0 Å². The van der Waals surface area contributed by atoms with Crippen LogP contribution < -0.4 is 0 Å². The Morgan fingerprint density at radius 2 is 2.00 bits per heavy atom. The summed E-state index contributed by atoms with van der Waals surface area (Å²) in [5, 5.41) is 9.64. The molecule has 1 atom stereocenters. The molecule has 16 heavy (non-hydrogen) atoms. The first-order valence-electron chi connectivity index (χ1n) is 5.67. The van der Waals surface area contributed by atoms with Crippen LogP contribution in [0.15, 0.2) is 29.2 Å². The van der Waals surface area contributed by atoms with E-state index in [1.807, 2.05) is 30.8 Å². The Labute approximate surface area is 102 Å². The van der Waals surface area contributed by atoms with Crippen molar-refractivity contribution in [1.82, 2.24) is 0 Å². The zero-order chi connectivity index (χ0) is 11.8. The van der Waals surface area contributed by atoms with E-state index in [1.54, 1.807) is 7.11 Å². The van der Waals surface area contributed by atoms with Gasteiger partial charge in [0.15, 0.2) is 0 Å². The summed E-state index contributed by atoms with van der Waals surface area (Å²) in [6.07, 6.45) is 1.51. The Morgan fingerprint density at radius 1 is 1.31 bits per heavy atom. The van der Waals surface area contributed by atoms with Gasteiger partial charge in [-0.05, 0) is 30.5 Å². The Hall–Kier alpha value is -0.510. The van der Waals surface area contributed by atoms with Crippen molar-refractivity contribution >= 4 is 11.8 Å². The average molecular weight is 240 g/mol. The van der Waals surface area contributed by atoms with Crippen LogP contribution in [0.4, 0.5) is 0 Å². The summed E-state index contributed by atoms with van der Waals surface area (Å²) < 4.78 is 5.00. The number of thioether (sulfide) groups is 1. The van der Waals surface area contributed by atoms with Crippen molar-refractivity contribution in [2.45, 2.75) is 30.8 Å². The lowest BCUT2D eigenvalue weighted by Crippen LogP contribution is -1.94. The molecule has 0 amide bonds. The minimum absolute atomic E-state index is 0.326. The molecule has 90 valence electrons. The predicted molar refractivity (Wildman–Crippen MR) is 68.9 cm³/mol. The van der Waals surface area contributed by atoms with Crippen molar-refractivity contribution in [3.8, 4) is 0 Å². The molecule has 0 radical (unpaired) electrons. The highest BCUT2D eigenvalue weighted by Crippen LogP contribution is 2.22. The van der Waals surface area contributed by atoms with E-state index in [9.17, 15) is 5.11 Å². The fraction of sp³-hybridized carbons (Fsp3) is 0.538. The molecule has 0 aliphatic heterocycles. The van der Waals surface area contributed by atoms with Gasteiger partial charge in [0.25, 0.3) is 0 Å². The maximum Gasteiger partial charge on any atom is 0.0787 e. The highest BCUT2D eigenvalue weighted by atomic mass is 32.2. The Kier molecular flexibility index (Phi) is 6.53. The van der Waals surface area contributed by atoms with Crippen molar-refractivity contribution in [3.05, 3.63) is 29.8 Å². The lowest BCUT2D eigenvalue weighted by Gasteiger charge is -2.08. The van der Waals surface area contributed by atoms with Crippen molar-refractivity contribution in [1.29, 1.82) is 0 Å². The third-order valence-corrected chi connectivity index (χ3v) is 3.51.